The smallest absolute Gasteiger partial charge is 0.309 e. The van der Waals surface area contributed by atoms with Gasteiger partial charge in [0.15, 0.2) is 0 Å². The maximum atomic E-state index is 12.8. The van der Waals surface area contributed by atoms with Gasteiger partial charge in [-0.1, -0.05) is 0 Å². The Kier molecular flexibility index (Phi) is 4.91. The molecule has 140 valence electrons. The Balaban J connectivity index is 1.47. The van der Waals surface area contributed by atoms with Gasteiger partial charge in [-0.15, -0.1) is 0 Å². The van der Waals surface area contributed by atoms with E-state index >= 15 is 0 Å². The molecule has 2 saturated heterocycles. The fourth-order valence-electron chi connectivity index (χ4n) is 4.16. The van der Waals surface area contributed by atoms with E-state index in [2.05, 4.69) is 14.8 Å². The van der Waals surface area contributed by atoms with Gasteiger partial charge in [-0.25, -0.2) is 0 Å². The summed E-state index contributed by atoms with van der Waals surface area (Å²) in [7, 11) is 0. The minimum absolute atomic E-state index is 0.0190. The Bertz CT molecular complexity index is 664. The molecule has 0 aromatic carbocycles. The number of aliphatic carboxylic acids is 1. The quantitative estimate of drug-likeness (QED) is 0.851. The van der Waals surface area contributed by atoms with Crippen molar-refractivity contribution in [3.05, 3.63) is 30.1 Å². The molecule has 4 rings (SSSR count). The van der Waals surface area contributed by atoms with Crippen LogP contribution in [0.2, 0.25) is 0 Å². The molecule has 3 fully saturated rings. The summed E-state index contributed by atoms with van der Waals surface area (Å²) in [4.78, 5) is 35.0. The van der Waals surface area contributed by atoms with Gasteiger partial charge in [-0.2, -0.15) is 0 Å². The number of amides is 1. The van der Waals surface area contributed by atoms with Crippen LogP contribution in [0.5, 0.6) is 0 Å². The molecule has 26 heavy (non-hydrogen) atoms. The molecule has 2 unspecified atom stereocenters. The Labute approximate surface area is 153 Å². The lowest BCUT2D eigenvalue weighted by Gasteiger charge is -2.41. The second kappa shape index (κ2) is 7.32. The molecule has 1 N–H and O–H groups in total. The molecule has 7 nitrogen and oxygen atoms in total. The first-order valence-electron chi connectivity index (χ1n) is 9.48. The van der Waals surface area contributed by atoms with Crippen LogP contribution < -0.4 is 0 Å². The molecule has 1 aliphatic carbocycles. The topological polar surface area (TPSA) is 77.0 Å². The molecule has 1 amide bonds. The number of carboxylic acids is 1. The van der Waals surface area contributed by atoms with E-state index in [4.69, 9.17) is 0 Å². The lowest BCUT2D eigenvalue weighted by molar-refractivity contribution is -0.142. The van der Waals surface area contributed by atoms with E-state index < -0.39 is 5.97 Å². The number of carbonyl (C=O) groups is 2. The molecule has 1 saturated carbocycles. The van der Waals surface area contributed by atoms with Crippen molar-refractivity contribution in [1.82, 2.24) is 19.7 Å². The van der Waals surface area contributed by atoms with Gasteiger partial charge in [0.2, 0.25) is 0 Å². The van der Waals surface area contributed by atoms with Gasteiger partial charge in [-0.3, -0.25) is 19.5 Å². The van der Waals surface area contributed by atoms with Crippen molar-refractivity contribution in [3.63, 3.8) is 0 Å². The summed E-state index contributed by atoms with van der Waals surface area (Å²) in [5, 5.41) is 9.59. The van der Waals surface area contributed by atoms with Crippen LogP contribution in [0.3, 0.4) is 0 Å². The summed E-state index contributed by atoms with van der Waals surface area (Å²) in [6, 6.07) is 3.78. The van der Waals surface area contributed by atoms with E-state index in [0.717, 1.165) is 25.6 Å². The van der Waals surface area contributed by atoms with Crippen LogP contribution in [0.4, 0.5) is 0 Å². The van der Waals surface area contributed by atoms with Crippen LogP contribution in [0.15, 0.2) is 24.5 Å². The lowest BCUT2D eigenvalue weighted by atomic mass is 10.1. The number of hydrogen-bond donors (Lipinski definition) is 1. The van der Waals surface area contributed by atoms with Crippen molar-refractivity contribution in [2.75, 3.05) is 45.8 Å². The van der Waals surface area contributed by atoms with Crippen molar-refractivity contribution >= 4 is 11.9 Å². The number of carboxylic acid groups (broad SMARTS) is 1. The van der Waals surface area contributed by atoms with Crippen LogP contribution >= 0.6 is 0 Å². The van der Waals surface area contributed by atoms with Gasteiger partial charge >= 0.3 is 5.97 Å². The van der Waals surface area contributed by atoms with E-state index in [0.29, 0.717) is 31.7 Å². The Morgan fingerprint density at radius 1 is 1.15 bits per heavy atom. The zero-order chi connectivity index (χ0) is 18.1. The van der Waals surface area contributed by atoms with Crippen LogP contribution in [-0.2, 0) is 4.79 Å². The standard InChI is InChI=1S/C19H26N4O3/c24-18(15-2-1-5-20-8-15)23-7-6-22-11-16(19(25)26)10-21(9-14-3-4-14)12-17(22)13-23/h1-2,5,8,14,16-17H,3-4,6-7,9-13H2,(H,25,26). The van der Waals surface area contributed by atoms with Crippen molar-refractivity contribution in [3.8, 4) is 0 Å². The number of pyridine rings is 1. The SMILES string of the molecule is O=C(O)C1CN(CC2CC2)CC2CN(C(=O)c3cccnc3)CCN2C1. The average Bonchev–Trinajstić information content (AvgIpc) is 3.47. The molecule has 2 aliphatic heterocycles. The molecule has 0 bridgehead atoms. The molecule has 0 radical (unpaired) electrons. The Hall–Kier alpha value is -1.99. The second-order valence-corrected chi connectivity index (χ2v) is 7.84. The highest BCUT2D eigenvalue weighted by Crippen LogP contribution is 2.31. The highest BCUT2D eigenvalue weighted by atomic mass is 16.4. The van der Waals surface area contributed by atoms with Crippen molar-refractivity contribution in [2.45, 2.75) is 18.9 Å². The van der Waals surface area contributed by atoms with Gasteiger partial charge in [0.1, 0.15) is 0 Å². The number of aromatic nitrogens is 1. The number of fused-ring (bicyclic) bond motifs is 1. The monoisotopic (exact) mass is 358 g/mol. The van der Waals surface area contributed by atoms with E-state index in [1.807, 2.05) is 4.90 Å². The van der Waals surface area contributed by atoms with Crippen LogP contribution in [0, 0.1) is 11.8 Å². The molecule has 2 atom stereocenters. The summed E-state index contributed by atoms with van der Waals surface area (Å²) < 4.78 is 0. The van der Waals surface area contributed by atoms with Gasteiger partial charge in [0.25, 0.3) is 5.91 Å². The number of nitrogens with zero attached hydrogens (tertiary/aromatic N) is 4. The van der Waals surface area contributed by atoms with Crippen molar-refractivity contribution in [2.24, 2.45) is 11.8 Å². The zero-order valence-electron chi connectivity index (χ0n) is 15.0. The van der Waals surface area contributed by atoms with E-state index in [9.17, 15) is 14.7 Å². The molecule has 7 heteroatoms. The molecule has 3 aliphatic rings. The molecule has 3 heterocycles. The Morgan fingerprint density at radius 3 is 2.69 bits per heavy atom. The summed E-state index contributed by atoms with van der Waals surface area (Å²) >= 11 is 0. The highest BCUT2D eigenvalue weighted by Gasteiger charge is 2.38. The van der Waals surface area contributed by atoms with Crippen molar-refractivity contribution < 1.29 is 14.7 Å². The summed E-state index contributed by atoms with van der Waals surface area (Å²) in [6.07, 6.45) is 5.80. The van der Waals surface area contributed by atoms with E-state index in [1.165, 1.54) is 12.8 Å². The highest BCUT2D eigenvalue weighted by molar-refractivity contribution is 5.94. The predicted molar refractivity (Wildman–Crippen MR) is 95.8 cm³/mol. The van der Waals surface area contributed by atoms with Gasteiger partial charge in [0, 0.05) is 64.2 Å². The van der Waals surface area contributed by atoms with Crippen molar-refractivity contribution in [1.29, 1.82) is 0 Å². The minimum atomic E-state index is -0.708. The minimum Gasteiger partial charge on any atom is -0.481 e. The number of piperazine rings is 1. The van der Waals surface area contributed by atoms with E-state index in [1.54, 1.807) is 24.5 Å². The fraction of sp³-hybridized carbons (Fsp3) is 0.632. The van der Waals surface area contributed by atoms with Crippen LogP contribution in [0.25, 0.3) is 0 Å². The number of carbonyl (C=O) groups excluding carboxylic acids is 1. The molecular formula is C19H26N4O3. The molecule has 1 aromatic rings. The summed E-state index contributed by atoms with van der Waals surface area (Å²) in [6.45, 7) is 5.06. The largest absolute Gasteiger partial charge is 0.481 e. The summed E-state index contributed by atoms with van der Waals surface area (Å²) in [5.41, 5.74) is 0.618. The second-order valence-electron chi connectivity index (χ2n) is 7.84. The third-order valence-electron chi connectivity index (χ3n) is 5.77. The first-order valence-corrected chi connectivity index (χ1v) is 9.48. The molecular weight excluding hydrogens is 332 g/mol. The third-order valence-corrected chi connectivity index (χ3v) is 5.77. The van der Waals surface area contributed by atoms with Gasteiger partial charge < -0.3 is 14.9 Å². The van der Waals surface area contributed by atoms with Crippen LogP contribution in [0.1, 0.15) is 23.2 Å². The van der Waals surface area contributed by atoms with Crippen LogP contribution in [-0.4, -0.2) is 88.5 Å². The first-order chi connectivity index (χ1) is 12.6. The number of rotatable bonds is 4. The molecule has 1 aromatic heterocycles. The number of hydrogen-bond acceptors (Lipinski definition) is 5. The van der Waals surface area contributed by atoms with Gasteiger partial charge in [-0.05, 0) is 30.9 Å². The fourth-order valence-corrected chi connectivity index (χ4v) is 4.16. The summed E-state index contributed by atoms with van der Waals surface area (Å²) in [5.74, 6) is -0.308. The third kappa shape index (κ3) is 3.88. The van der Waals surface area contributed by atoms with Gasteiger partial charge in [0.05, 0.1) is 11.5 Å². The predicted octanol–water partition coefficient (Wildman–Crippen LogP) is 0.634. The maximum absolute atomic E-state index is 12.8. The first kappa shape index (κ1) is 17.4. The zero-order valence-corrected chi connectivity index (χ0v) is 15.0. The van der Waals surface area contributed by atoms with E-state index in [-0.39, 0.29) is 17.9 Å². The lowest BCUT2D eigenvalue weighted by Crippen LogP contribution is -2.57. The average molecular weight is 358 g/mol. The maximum Gasteiger partial charge on any atom is 0.309 e. The normalized spacial score (nSPS) is 27.6. The molecule has 0 spiro atoms. The Morgan fingerprint density at radius 2 is 2.00 bits per heavy atom.